The average molecular weight is 256 g/mol. The standard InChI is InChI=1S/C9H8O3S.2C2H6/c1-6(10)13-8-4-2-7(3-5-8)9(11)12;2*1-2/h2-5H,1H3,(H,11,12);2*1-2H3. The minimum atomic E-state index is -0.959. The second-order valence-electron chi connectivity index (χ2n) is 2.42. The van der Waals surface area contributed by atoms with Gasteiger partial charge in [0.2, 0.25) is 0 Å². The van der Waals surface area contributed by atoms with E-state index in [1.807, 2.05) is 27.7 Å². The summed E-state index contributed by atoms with van der Waals surface area (Å²) in [6.07, 6.45) is 0. The van der Waals surface area contributed by atoms with Crippen LogP contribution in [0, 0.1) is 0 Å². The fourth-order valence-electron chi connectivity index (χ4n) is 0.832. The molecule has 96 valence electrons. The highest BCUT2D eigenvalue weighted by Gasteiger charge is 2.02. The Morgan fingerprint density at radius 1 is 1.00 bits per heavy atom. The van der Waals surface area contributed by atoms with Crippen LogP contribution in [-0.2, 0) is 4.79 Å². The quantitative estimate of drug-likeness (QED) is 0.810. The lowest BCUT2D eigenvalue weighted by Crippen LogP contribution is -1.94. The van der Waals surface area contributed by atoms with Crippen LogP contribution in [0.15, 0.2) is 29.2 Å². The summed E-state index contributed by atoms with van der Waals surface area (Å²) in [5.74, 6) is -0.959. The molecule has 1 N–H and O–H groups in total. The van der Waals surface area contributed by atoms with E-state index in [0.29, 0.717) is 0 Å². The molecule has 0 aliphatic heterocycles. The fraction of sp³-hybridized carbons (Fsp3) is 0.385. The first-order valence-electron chi connectivity index (χ1n) is 5.61. The topological polar surface area (TPSA) is 54.4 Å². The summed E-state index contributed by atoms with van der Waals surface area (Å²) in [6.45, 7) is 9.47. The molecule has 4 heteroatoms. The number of thioether (sulfide) groups is 1. The summed E-state index contributed by atoms with van der Waals surface area (Å²) in [6, 6.07) is 6.20. The predicted molar refractivity (Wildman–Crippen MR) is 72.6 cm³/mol. The maximum absolute atomic E-state index is 10.7. The molecule has 0 atom stereocenters. The number of carbonyl (C=O) groups excluding carboxylic acids is 1. The first kappa shape index (κ1) is 18.1. The number of carbonyl (C=O) groups is 2. The van der Waals surface area contributed by atoms with Crippen LogP contribution < -0.4 is 0 Å². The Balaban J connectivity index is 0. The zero-order valence-corrected chi connectivity index (χ0v) is 11.8. The number of hydrogen-bond donors (Lipinski definition) is 1. The Morgan fingerprint density at radius 3 is 1.71 bits per heavy atom. The first-order valence-corrected chi connectivity index (χ1v) is 6.43. The molecule has 1 aromatic carbocycles. The predicted octanol–water partition coefficient (Wildman–Crippen LogP) is 4.08. The molecule has 0 saturated carbocycles. The van der Waals surface area contributed by atoms with Gasteiger partial charge in [-0.15, -0.1) is 0 Å². The molecule has 0 aliphatic rings. The van der Waals surface area contributed by atoms with E-state index in [-0.39, 0.29) is 10.7 Å². The first-order chi connectivity index (χ1) is 8.09. The summed E-state index contributed by atoms with van der Waals surface area (Å²) in [7, 11) is 0. The van der Waals surface area contributed by atoms with Gasteiger partial charge in [-0.1, -0.05) is 39.5 Å². The molecule has 0 aromatic heterocycles. The van der Waals surface area contributed by atoms with Gasteiger partial charge in [0.1, 0.15) is 0 Å². The Bertz CT molecular complexity index is 331. The Hall–Kier alpha value is -1.29. The number of carboxylic acids is 1. The largest absolute Gasteiger partial charge is 0.478 e. The van der Waals surface area contributed by atoms with Gasteiger partial charge in [-0.2, -0.15) is 0 Å². The zero-order chi connectivity index (χ0) is 13.8. The van der Waals surface area contributed by atoms with Crippen LogP contribution in [0.2, 0.25) is 0 Å². The van der Waals surface area contributed by atoms with E-state index in [9.17, 15) is 9.59 Å². The summed E-state index contributed by atoms with van der Waals surface area (Å²) < 4.78 is 0. The molecule has 0 heterocycles. The highest BCUT2D eigenvalue weighted by Crippen LogP contribution is 2.18. The van der Waals surface area contributed by atoms with Crippen molar-refractivity contribution in [2.75, 3.05) is 0 Å². The Morgan fingerprint density at radius 2 is 1.41 bits per heavy atom. The van der Waals surface area contributed by atoms with Crippen LogP contribution >= 0.6 is 11.8 Å². The van der Waals surface area contributed by atoms with E-state index in [2.05, 4.69) is 0 Å². The molecular weight excluding hydrogens is 236 g/mol. The lowest BCUT2D eigenvalue weighted by Gasteiger charge is -1.97. The van der Waals surface area contributed by atoms with Crippen LogP contribution in [0.1, 0.15) is 45.0 Å². The molecule has 0 radical (unpaired) electrons. The van der Waals surface area contributed by atoms with E-state index < -0.39 is 5.97 Å². The third-order valence-electron chi connectivity index (χ3n) is 1.36. The number of hydrogen-bond acceptors (Lipinski definition) is 3. The summed E-state index contributed by atoms with van der Waals surface area (Å²) >= 11 is 1.09. The van der Waals surface area contributed by atoms with Crippen molar-refractivity contribution in [3.05, 3.63) is 29.8 Å². The highest BCUT2D eigenvalue weighted by molar-refractivity contribution is 8.13. The van der Waals surface area contributed by atoms with Gasteiger partial charge in [0.15, 0.2) is 5.12 Å². The van der Waals surface area contributed by atoms with Gasteiger partial charge < -0.3 is 5.11 Å². The van der Waals surface area contributed by atoms with Crippen LogP contribution in [-0.4, -0.2) is 16.2 Å². The second-order valence-corrected chi connectivity index (χ2v) is 3.67. The van der Waals surface area contributed by atoms with Crippen LogP contribution in [0.4, 0.5) is 0 Å². The minimum Gasteiger partial charge on any atom is -0.478 e. The molecule has 1 aromatic rings. The van der Waals surface area contributed by atoms with Crippen LogP contribution in [0.3, 0.4) is 0 Å². The number of rotatable bonds is 2. The molecule has 0 saturated heterocycles. The Kier molecular flexibility index (Phi) is 11.9. The third kappa shape index (κ3) is 8.51. The van der Waals surface area contributed by atoms with Crippen molar-refractivity contribution in [2.24, 2.45) is 0 Å². The van der Waals surface area contributed by atoms with Gasteiger partial charge in [-0.3, -0.25) is 4.79 Å². The molecule has 0 fully saturated rings. The molecule has 0 spiro atoms. The molecule has 0 aliphatic carbocycles. The van der Waals surface area contributed by atoms with E-state index in [4.69, 9.17) is 5.11 Å². The monoisotopic (exact) mass is 256 g/mol. The van der Waals surface area contributed by atoms with Crippen LogP contribution in [0.5, 0.6) is 0 Å². The normalized spacial score (nSPS) is 8.06. The third-order valence-corrected chi connectivity index (χ3v) is 2.16. The Labute approximate surface area is 107 Å². The second kappa shape index (κ2) is 11.2. The maximum atomic E-state index is 10.7. The van der Waals surface area contributed by atoms with Crippen molar-refractivity contribution in [3.63, 3.8) is 0 Å². The van der Waals surface area contributed by atoms with Crippen molar-refractivity contribution in [3.8, 4) is 0 Å². The lowest BCUT2D eigenvalue weighted by molar-refractivity contribution is -0.109. The summed E-state index contributed by atoms with van der Waals surface area (Å²) in [5.41, 5.74) is 0.230. The molecule has 0 bridgehead atoms. The smallest absolute Gasteiger partial charge is 0.335 e. The van der Waals surface area contributed by atoms with Crippen LogP contribution in [0.25, 0.3) is 0 Å². The molecule has 17 heavy (non-hydrogen) atoms. The number of aromatic carboxylic acids is 1. The van der Waals surface area contributed by atoms with Gasteiger partial charge in [-0.05, 0) is 24.3 Å². The zero-order valence-electron chi connectivity index (χ0n) is 11.0. The van der Waals surface area contributed by atoms with Crippen molar-refractivity contribution < 1.29 is 14.7 Å². The van der Waals surface area contributed by atoms with Gasteiger partial charge in [-0.25, -0.2) is 4.79 Å². The molecule has 3 nitrogen and oxygen atoms in total. The van der Waals surface area contributed by atoms with Crippen molar-refractivity contribution in [2.45, 2.75) is 39.5 Å². The number of benzene rings is 1. The van der Waals surface area contributed by atoms with E-state index in [0.717, 1.165) is 16.7 Å². The lowest BCUT2D eigenvalue weighted by atomic mass is 10.2. The van der Waals surface area contributed by atoms with E-state index >= 15 is 0 Å². The SMILES string of the molecule is CC.CC.CC(=O)Sc1ccc(C(=O)O)cc1. The highest BCUT2D eigenvalue weighted by atomic mass is 32.2. The van der Waals surface area contributed by atoms with E-state index in [1.54, 1.807) is 12.1 Å². The maximum Gasteiger partial charge on any atom is 0.335 e. The molecular formula is C13H20O3S. The van der Waals surface area contributed by atoms with Crippen molar-refractivity contribution >= 4 is 22.8 Å². The number of carboxylic acid groups (broad SMARTS) is 1. The van der Waals surface area contributed by atoms with Gasteiger partial charge in [0, 0.05) is 11.8 Å². The molecule has 1 rings (SSSR count). The summed E-state index contributed by atoms with van der Waals surface area (Å²) in [4.78, 5) is 21.9. The fourth-order valence-corrected chi connectivity index (χ4v) is 1.44. The van der Waals surface area contributed by atoms with E-state index in [1.165, 1.54) is 19.1 Å². The van der Waals surface area contributed by atoms with Crippen molar-refractivity contribution in [1.82, 2.24) is 0 Å². The average Bonchev–Trinajstić information content (AvgIpc) is 2.34. The van der Waals surface area contributed by atoms with Gasteiger partial charge in [0.25, 0.3) is 0 Å². The van der Waals surface area contributed by atoms with Gasteiger partial charge >= 0.3 is 5.97 Å². The summed E-state index contributed by atoms with van der Waals surface area (Å²) in [5, 5.41) is 8.57. The van der Waals surface area contributed by atoms with Gasteiger partial charge in [0.05, 0.1) is 5.56 Å². The molecule has 0 amide bonds. The van der Waals surface area contributed by atoms with Crippen molar-refractivity contribution in [1.29, 1.82) is 0 Å². The molecule has 0 unspecified atom stereocenters. The minimum absolute atomic E-state index is 0.0110.